The zero-order valence-corrected chi connectivity index (χ0v) is 15.9. The summed E-state index contributed by atoms with van der Waals surface area (Å²) < 4.78 is 16.6. The summed E-state index contributed by atoms with van der Waals surface area (Å²) in [5.74, 6) is 2.81. The summed E-state index contributed by atoms with van der Waals surface area (Å²) in [6.07, 6.45) is 1.77. The Kier molecular flexibility index (Phi) is 4.65. The number of oxazole rings is 1. The molecule has 1 fully saturated rings. The normalized spacial score (nSPS) is 16.2. The third-order valence-electron chi connectivity index (χ3n) is 5.25. The fourth-order valence-corrected chi connectivity index (χ4v) is 3.63. The minimum atomic E-state index is 0.0189. The molecule has 0 unspecified atom stereocenters. The predicted octanol–water partition coefficient (Wildman–Crippen LogP) is 3.03. The maximum absolute atomic E-state index is 12.8. The summed E-state index contributed by atoms with van der Waals surface area (Å²) in [5.41, 5.74) is 1.65. The Hall–Kier alpha value is -3.32. The molecular weight excluding hydrogens is 370 g/mol. The molecule has 0 N–H and O–H groups in total. The van der Waals surface area contributed by atoms with Gasteiger partial charge in [0.25, 0.3) is 5.91 Å². The van der Waals surface area contributed by atoms with Crippen LogP contribution in [0.25, 0.3) is 11.3 Å². The van der Waals surface area contributed by atoms with Crippen molar-refractivity contribution in [1.82, 2.24) is 14.8 Å². The van der Waals surface area contributed by atoms with Gasteiger partial charge in [0.2, 0.25) is 12.7 Å². The molecule has 1 saturated heterocycles. The summed E-state index contributed by atoms with van der Waals surface area (Å²) in [5, 5.41) is 0. The topological polar surface area (TPSA) is 68.0 Å². The molecule has 2 aliphatic rings. The Bertz CT molecular complexity index is 1010. The maximum Gasteiger partial charge on any atom is 0.254 e. The number of hydrogen-bond donors (Lipinski definition) is 0. The zero-order chi connectivity index (χ0) is 19.6. The van der Waals surface area contributed by atoms with Gasteiger partial charge in [-0.05, 0) is 18.2 Å². The van der Waals surface area contributed by atoms with E-state index in [0.29, 0.717) is 42.6 Å². The second-order valence-electron chi connectivity index (χ2n) is 7.12. The van der Waals surface area contributed by atoms with E-state index in [1.807, 2.05) is 35.2 Å². The number of amides is 1. The Morgan fingerprint density at radius 1 is 0.966 bits per heavy atom. The van der Waals surface area contributed by atoms with Gasteiger partial charge >= 0.3 is 0 Å². The molecule has 0 radical (unpaired) electrons. The molecule has 29 heavy (non-hydrogen) atoms. The van der Waals surface area contributed by atoms with Crippen LogP contribution in [0, 0.1) is 0 Å². The van der Waals surface area contributed by atoms with Crippen molar-refractivity contribution in [2.45, 2.75) is 6.54 Å². The molecule has 5 rings (SSSR count). The number of benzene rings is 2. The highest BCUT2D eigenvalue weighted by Gasteiger charge is 2.25. The van der Waals surface area contributed by atoms with Crippen LogP contribution in [-0.2, 0) is 6.54 Å². The van der Waals surface area contributed by atoms with Crippen LogP contribution in [0.1, 0.15) is 16.2 Å². The Labute approximate surface area is 168 Å². The lowest BCUT2D eigenvalue weighted by Gasteiger charge is -2.34. The van der Waals surface area contributed by atoms with Gasteiger partial charge in [-0.2, -0.15) is 0 Å². The zero-order valence-electron chi connectivity index (χ0n) is 15.9. The molecule has 0 saturated carbocycles. The monoisotopic (exact) mass is 391 g/mol. The molecule has 0 spiro atoms. The number of fused-ring (bicyclic) bond motifs is 1. The average Bonchev–Trinajstić information content (AvgIpc) is 3.43. The van der Waals surface area contributed by atoms with Crippen molar-refractivity contribution in [3.05, 3.63) is 66.2 Å². The lowest BCUT2D eigenvalue weighted by atomic mass is 10.1. The van der Waals surface area contributed by atoms with E-state index >= 15 is 0 Å². The highest BCUT2D eigenvalue weighted by atomic mass is 16.7. The third-order valence-corrected chi connectivity index (χ3v) is 5.25. The van der Waals surface area contributed by atoms with Crippen molar-refractivity contribution in [2.75, 3.05) is 33.0 Å². The standard InChI is InChI=1S/C22H21N3O4/c26-22(17-6-7-18-19(12-17)28-15-27-18)25-10-8-24(9-11-25)14-21-23-13-20(29-21)16-4-2-1-3-5-16/h1-7,12-13H,8-11,14-15H2. The fourth-order valence-electron chi connectivity index (χ4n) is 3.63. The number of rotatable bonds is 4. The first-order chi connectivity index (χ1) is 14.3. The first-order valence-electron chi connectivity index (χ1n) is 9.68. The molecule has 0 bridgehead atoms. The Morgan fingerprint density at radius 2 is 1.76 bits per heavy atom. The van der Waals surface area contributed by atoms with Crippen LogP contribution < -0.4 is 9.47 Å². The highest BCUT2D eigenvalue weighted by molar-refractivity contribution is 5.95. The van der Waals surface area contributed by atoms with Gasteiger partial charge in [-0.3, -0.25) is 9.69 Å². The van der Waals surface area contributed by atoms with Crippen molar-refractivity contribution in [1.29, 1.82) is 0 Å². The van der Waals surface area contributed by atoms with E-state index in [0.717, 1.165) is 24.4 Å². The number of aromatic nitrogens is 1. The molecule has 3 aromatic rings. The Morgan fingerprint density at radius 3 is 2.59 bits per heavy atom. The molecule has 148 valence electrons. The van der Waals surface area contributed by atoms with Crippen molar-refractivity contribution in [2.24, 2.45) is 0 Å². The molecule has 7 nitrogen and oxygen atoms in total. The summed E-state index contributed by atoms with van der Waals surface area (Å²) in [6, 6.07) is 15.3. The molecule has 3 heterocycles. The van der Waals surface area contributed by atoms with Crippen LogP contribution in [0.5, 0.6) is 11.5 Å². The molecule has 0 aliphatic carbocycles. The molecule has 1 amide bonds. The third kappa shape index (κ3) is 3.69. The number of hydrogen-bond acceptors (Lipinski definition) is 6. The summed E-state index contributed by atoms with van der Waals surface area (Å²) >= 11 is 0. The van der Waals surface area contributed by atoms with Crippen LogP contribution in [0.2, 0.25) is 0 Å². The summed E-state index contributed by atoms with van der Waals surface area (Å²) in [4.78, 5) is 21.3. The molecule has 0 atom stereocenters. The van der Waals surface area contributed by atoms with E-state index < -0.39 is 0 Å². The first kappa shape index (κ1) is 17.8. The number of carbonyl (C=O) groups excluding carboxylic acids is 1. The Balaban J connectivity index is 1.18. The van der Waals surface area contributed by atoms with E-state index in [4.69, 9.17) is 13.9 Å². The number of piperazine rings is 1. The van der Waals surface area contributed by atoms with Gasteiger partial charge in [0.05, 0.1) is 12.7 Å². The molecule has 2 aliphatic heterocycles. The minimum absolute atomic E-state index is 0.0189. The van der Waals surface area contributed by atoms with Gasteiger partial charge in [0.15, 0.2) is 17.3 Å². The molecule has 1 aromatic heterocycles. The minimum Gasteiger partial charge on any atom is -0.454 e. The van der Waals surface area contributed by atoms with Crippen LogP contribution in [0.15, 0.2) is 59.1 Å². The number of nitrogens with zero attached hydrogens (tertiary/aromatic N) is 3. The molecular formula is C22H21N3O4. The van der Waals surface area contributed by atoms with E-state index in [9.17, 15) is 4.79 Å². The average molecular weight is 391 g/mol. The van der Waals surface area contributed by atoms with Gasteiger partial charge in [-0.1, -0.05) is 30.3 Å². The predicted molar refractivity (Wildman–Crippen MR) is 106 cm³/mol. The highest BCUT2D eigenvalue weighted by Crippen LogP contribution is 2.33. The van der Waals surface area contributed by atoms with Crippen molar-refractivity contribution in [3.8, 4) is 22.8 Å². The second-order valence-corrected chi connectivity index (χ2v) is 7.12. The van der Waals surface area contributed by atoms with E-state index in [1.54, 1.807) is 24.4 Å². The van der Waals surface area contributed by atoms with Crippen LogP contribution in [0.3, 0.4) is 0 Å². The van der Waals surface area contributed by atoms with Crippen molar-refractivity contribution < 1.29 is 18.7 Å². The lowest BCUT2D eigenvalue weighted by Crippen LogP contribution is -2.48. The lowest BCUT2D eigenvalue weighted by molar-refractivity contribution is 0.0618. The van der Waals surface area contributed by atoms with Gasteiger partial charge < -0.3 is 18.8 Å². The largest absolute Gasteiger partial charge is 0.454 e. The van der Waals surface area contributed by atoms with Gasteiger partial charge in [0.1, 0.15) is 0 Å². The number of carbonyl (C=O) groups is 1. The van der Waals surface area contributed by atoms with E-state index in [2.05, 4.69) is 9.88 Å². The summed E-state index contributed by atoms with van der Waals surface area (Å²) in [6.45, 7) is 3.73. The fraction of sp³-hybridized carbons (Fsp3) is 0.273. The van der Waals surface area contributed by atoms with E-state index in [1.165, 1.54) is 0 Å². The van der Waals surface area contributed by atoms with E-state index in [-0.39, 0.29) is 12.7 Å². The SMILES string of the molecule is O=C(c1ccc2c(c1)OCO2)N1CCN(Cc2ncc(-c3ccccc3)o2)CC1. The second kappa shape index (κ2) is 7.60. The van der Waals surface area contributed by atoms with Gasteiger partial charge in [-0.25, -0.2) is 4.98 Å². The van der Waals surface area contributed by atoms with Gasteiger partial charge in [0, 0.05) is 37.3 Å². The van der Waals surface area contributed by atoms with Crippen molar-refractivity contribution >= 4 is 5.91 Å². The van der Waals surface area contributed by atoms with Crippen LogP contribution in [-0.4, -0.2) is 53.7 Å². The van der Waals surface area contributed by atoms with Crippen molar-refractivity contribution in [3.63, 3.8) is 0 Å². The molecule has 7 heteroatoms. The van der Waals surface area contributed by atoms with Crippen LogP contribution in [0.4, 0.5) is 0 Å². The quantitative estimate of drug-likeness (QED) is 0.681. The molecule has 2 aromatic carbocycles. The van der Waals surface area contributed by atoms with Crippen LogP contribution >= 0.6 is 0 Å². The first-order valence-corrected chi connectivity index (χ1v) is 9.68. The number of ether oxygens (including phenoxy) is 2. The smallest absolute Gasteiger partial charge is 0.254 e. The van der Waals surface area contributed by atoms with Gasteiger partial charge in [-0.15, -0.1) is 0 Å². The maximum atomic E-state index is 12.8. The summed E-state index contributed by atoms with van der Waals surface area (Å²) in [7, 11) is 0.